The van der Waals surface area contributed by atoms with E-state index in [2.05, 4.69) is 5.01 Å². The first-order chi connectivity index (χ1) is 14.1. The first-order valence-electron chi connectivity index (χ1n) is 10.1. The van der Waals surface area contributed by atoms with Crippen molar-refractivity contribution in [1.82, 2.24) is 5.01 Å². The molecule has 1 aliphatic carbocycles. The molecular weight excluding hydrogens is 370 g/mol. The van der Waals surface area contributed by atoms with Crippen molar-refractivity contribution in [2.45, 2.75) is 50.3 Å². The molecule has 0 saturated heterocycles. The highest BCUT2D eigenvalue weighted by Gasteiger charge is 2.51. The molecule has 0 radical (unpaired) electrons. The summed E-state index contributed by atoms with van der Waals surface area (Å²) in [7, 11) is 1.65. The number of methoxy groups -OCH3 is 1. The van der Waals surface area contributed by atoms with Gasteiger partial charge in [-0.25, -0.2) is 5.01 Å². The van der Waals surface area contributed by atoms with E-state index < -0.39 is 5.72 Å². The third kappa shape index (κ3) is 2.92. The maximum Gasteiger partial charge on any atom is 0.270 e. The SMILES string of the molecule is COc1ccc(C2=NN3[C@H](C2)c2cc([N+](=O)[O-])ccc2OC32CCCCC2)cc1. The van der Waals surface area contributed by atoms with Gasteiger partial charge < -0.3 is 9.47 Å². The quantitative estimate of drug-likeness (QED) is 0.553. The molecule has 1 spiro atoms. The number of fused-ring (bicyclic) bond motifs is 4. The lowest BCUT2D eigenvalue weighted by Crippen LogP contribution is -2.54. The molecule has 2 aromatic carbocycles. The zero-order valence-electron chi connectivity index (χ0n) is 16.3. The normalized spacial score (nSPS) is 21.8. The van der Waals surface area contributed by atoms with Crippen LogP contribution in [0.15, 0.2) is 47.6 Å². The van der Waals surface area contributed by atoms with E-state index >= 15 is 0 Å². The highest BCUT2D eigenvalue weighted by molar-refractivity contribution is 6.02. The van der Waals surface area contributed by atoms with Gasteiger partial charge in [-0.15, -0.1) is 0 Å². The number of nitro groups is 1. The monoisotopic (exact) mass is 393 g/mol. The molecule has 150 valence electrons. The van der Waals surface area contributed by atoms with Crippen LogP contribution in [0.5, 0.6) is 11.5 Å². The highest BCUT2D eigenvalue weighted by atomic mass is 16.6. The Hall–Kier alpha value is -3.09. The summed E-state index contributed by atoms with van der Waals surface area (Å²) in [4.78, 5) is 11.0. The van der Waals surface area contributed by atoms with Crippen LogP contribution in [0, 0.1) is 10.1 Å². The largest absolute Gasteiger partial charge is 0.497 e. The lowest BCUT2D eigenvalue weighted by molar-refractivity contribution is -0.385. The van der Waals surface area contributed by atoms with Gasteiger partial charge >= 0.3 is 0 Å². The standard InChI is InChI=1S/C22H23N3O4/c1-28-17-8-5-15(6-9-17)19-14-20-18-13-16(25(26)27)7-10-21(18)29-22(24(20)23-19)11-3-2-4-12-22/h5-10,13,20H,2-4,11-12,14H2,1H3/t20-/m1/s1. The van der Waals surface area contributed by atoms with Gasteiger partial charge in [-0.2, -0.15) is 5.10 Å². The van der Waals surface area contributed by atoms with Gasteiger partial charge in [0.1, 0.15) is 11.5 Å². The molecule has 0 bridgehead atoms. The Kier molecular flexibility index (Phi) is 4.19. The van der Waals surface area contributed by atoms with Crippen molar-refractivity contribution >= 4 is 11.4 Å². The smallest absolute Gasteiger partial charge is 0.270 e. The molecule has 0 unspecified atom stereocenters. The molecule has 1 saturated carbocycles. The van der Waals surface area contributed by atoms with Crippen LogP contribution in [0.25, 0.3) is 0 Å². The van der Waals surface area contributed by atoms with Gasteiger partial charge in [0.05, 0.1) is 23.8 Å². The number of hydrogen-bond donors (Lipinski definition) is 0. The van der Waals surface area contributed by atoms with Crippen molar-refractivity contribution < 1.29 is 14.4 Å². The van der Waals surface area contributed by atoms with Gasteiger partial charge in [-0.05, 0) is 48.7 Å². The Labute approximate surface area is 169 Å². The number of rotatable bonds is 3. The molecule has 29 heavy (non-hydrogen) atoms. The molecule has 1 fully saturated rings. The van der Waals surface area contributed by atoms with Gasteiger partial charge in [0.15, 0.2) is 5.72 Å². The van der Waals surface area contributed by atoms with Crippen LogP contribution < -0.4 is 9.47 Å². The Morgan fingerprint density at radius 2 is 1.93 bits per heavy atom. The summed E-state index contributed by atoms with van der Waals surface area (Å²) in [6, 6.07) is 12.8. The summed E-state index contributed by atoms with van der Waals surface area (Å²) in [5.41, 5.74) is 2.50. The van der Waals surface area contributed by atoms with Crippen LogP contribution >= 0.6 is 0 Å². The van der Waals surface area contributed by atoms with Crippen molar-refractivity contribution in [3.8, 4) is 11.5 Å². The third-order valence-electron chi connectivity index (χ3n) is 6.25. The maximum absolute atomic E-state index is 11.3. The second-order valence-corrected chi connectivity index (χ2v) is 7.93. The van der Waals surface area contributed by atoms with E-state index in [0.29, 0.717) is 6.42 Å². The van der Waals surface area contributed by atoms with Crippen molar-refractivity contribution in [2.24, 2.45) is 5.10 Å². The highest BCUT2D eigenvalue weighted by Crippen LogP contribution is 2.51. The molecule has 2 aliphatic heterocycles. The Morgan fingerprint density at radius 1 is 1.17 bits per heavy atom. The summed E-state index contributed by atoms with van der Waals surface area (Å²) in [5, 5.41) is 18.4. The minimum atomic E-state index is -0.458. The average Bonchev–Trinajstić information content (AvgIpc) is 3.21. The second kappa shape index (κ2) is 6.76. The molecule has 3 aliphatic rings. The lowest BCUT2D eigenvalue weighted by Gasteiger charge is -2.49. The molecule has 1 atom stereocenters. The molecule has 5 rings (SSSR count). The van der Waals surface area contributed by atoms with E-state index in [1.165, 1.54) is 12.5 Å². The summed E-state index contributed by atoms with van der Waals surface area (Å²) in [6.07, 6.45) is 5.92. The topological polar surface area (TPSA) is 77.2 Å². The van der Waals surface area contributed by atoms with Crippen LogP contribution in [0.1, 0.15) is 55.7 Å². The van der Waals surface area contributed by atoms with Gasteiger partial charge in [-0.1, -0.05) is 6.42 Å². The van der Waals surface area contributed by atoms with Gasteiger partial charge in [0, 0.05) is 37.0 Å². The van der Waals surface area contributed by atoms with Gasteiger partial charge in [0.25, 0.3) is 5.69 Å². The molecule has 2 aromatic rings. The van der Waals surface area contributed by atoms with E-state index in [1.807, 2.05) is 24.3 Å². The summed E-state index contributed by atoms with van der Waals surface area (Å²) in [6.45, 7) is 0. The Morgan fingerprint density at radius 3 is 2.62 bits per heavy atom. The van der Waals surface area contributed by atoms with Crippen LogP contribution in [0.3, 0.4) is 0 Å². The first kappa shape index (κ1) is 18.0. The number of benzene rings is 2. The fourth-order valence-corrected chi connectivity index (χ4v) is 4.78. The molecule has 0 amide bonds. The molecule has 2 heterocycles. The Bertz CT molecular complexity index is 980. The van der Waals surface area contributed by atoms with Crippen molar-refractivity contribution in [3.63, 3.8) is 0 Å². The number of ether oxygens (including phenoxy) is 2. The van der Waals surface area contributed by atoms with Crippen molar-refractivity contribution in [1.29, 1.82) is 0 Å². The fraction of sp³-hybridized carbons (Fsp3) is 0.409. The number of nitrogens with zero attached hydrogens (tertiary/aromatic N) is 3. The predicted octanol–water partition coefficient (Wildman–Crippen LogP) is 4.81. The van der Waals surface area contributed by atoms with E-state index in [0.717, 1.165) is 54.0 Å². The molecule has 7 heteroatoms. The average molecular weight is 393 g/mol. The zero-order valence-corrected chi connectivity index (χ0v) is 16.3. The minimum Gasteiger partial charge on any atom is -0.497 e. The van der Waals surface area contributed by atoms with Crippen LogP contribution in [-0.2, 0) is 0 Å². The molecule has 7 nitrogen and oxygen atoms in total. The van der Waals surface area contributed by atoms with Gasteiger partial charge in [-0.3, -0.25) is 10.1 Å². The van der Waals surface area contributed by atoms with E-state index in [4.69, 9.17) is 14.6 Å². The zero-order chi connectivity index (χ0) is 20.0. The summed E-state index contributed by atoms with van der Waals surface area (Å²) < 4.78 is 11.8. The summed E-state index contributed by atoms with van der Waals surface area (Å²) in [5.74, 6) is 1.56. The number of hydrazone groups is 1. The molecule has 0 N–H and O–H groups in total. The number of non-ortho nitro benzene ring substituents is 1. The fourth-order valence-electron chi connectivity index (χ4n) is 4.78. The van der Waals surface area contributed by atoms with Crippen LogP contribution in [0.2, 0.25) is 0 Å². The van der Waals surface area contributed by atoms with E-state index in [-0.39, 0.29) is 16.7 Å². The predicted molar refractivity (Wildman–Crippen MR) is 108 cm³/mol. The first-order valence-corrected chi connectivity index (χ1v) is 10.1. The van der Waals surface area contributed by atoms with Crippen LogP contribution in [-0.4, -0.2) is 28.5 Å². The lowest BCUT2D eigenvalue weighted by atomic mass is 9.86. The number of hydrogen-bond acceptors (Lipinski definition) is 6. The van der Waals surface area contributed by atoms with Crippen LogP contribution in [0.4, 0.5) is 5.69 Å². The minimum absolute atomic E-state index is 0.0474. The Balaban J connectivity index is 1.57. The van der Waals surface area contributed by atoms with E-state index in [1.54, 1.807) is 19.2 Å². The van der Waals surface area contributed by atoms with Crippen molar-refractivity contribution in [3.05, 3.63) is 63.7 Å². The third-order valence-corrected chi connectivity index (χ3v) is 6.25. The van der Waals surface area contributed by atoms with Crippen molar-refractivity contribution in [2.75, 3.05) is 7.11 Å². The van der Waals surface area contributed by atoms with E-state index in [9.17, 15) is 10.1 Å². The van der Waals surface area contributed by atoms with Gasteiger partial charge in [0.2, 0.25) is 0 Å². The summed E-state index contributed by atoms with van der Waals surface area (Å²) >= 11 is 0. The second-order valence-electron chi connectivity index (χ2n) is 7.93. The molecule has 0 aromatic heterocycles. The maximum atomic E-state index is 11.3. The number of nitro benzene ring substituents is 1. The molecular formula is C22H23N3O4.